The van der Waals surface area contributed by atoms with Gasteiger partial charge in [0.1, 0.15) is 6.04 Å². The van der Waals surface area contributed by atoms with Crippen molar-refractivity contribution in [3.63, 3.8) is 0 Å². The Morgan fingerprint density at radius 1 is 1.36 bits per heavy atom. The van der Waals surface area contributed by atoms with Crippen LogP contribution in [0.5, 0.6) is 5.75 Å². The molecule has 1 saturated heterocycles. The van der Waals surface area contributed by atoms with E-state index in [0.29, 0.717) is 18.1 Å². The summed E-state index contributed by atoms with van der Waals surface area (Å²) in [4.78, 5) is 14.8. The first-order valence-electron chi connectivity index (χ1n) is 9.20. The number of benzene rings is 1. The molecule has 140 valence electrons. The third-order valence-electron chi connectivity index (χ3n) is 5.03. The molecule has 4 nitrogen and oxygen atoms in total. The SMILES string of the molecule is CCOC(=O)C(c1cc(C(C)C)cc(F)c1OC)N1CC[C@@H](CC)C1. The Bertz CT molecular complexity index is 603. The van der Waals surface area contributed by atoms with Crippen LogP contribution in [0.2, 0.25) is 0 Å². The highest BCUT2D eigenvalue weighted by Gasteiger charge is 2.36. The zero-order chi connectivity index (χ0) is 18.6. The minimum atomic E-state index is -0.625. The Morgan fingerprint density at radius 3 is 2.60 bits per heavy atom. The molecule has 25 heavy (non-hydrogen) atoms. The van der Waals surface area contributed by atoms with Crippen LogP contribution in [0.15, 0.2) is 12.1 Å². The Hall–Kier alpha value is -1.62. The van der Waals surface area contributed by atoms with Gasteiger partial charge in [0.2, 0.25) is 0 Å². The van der Waals surface area contributed by atoms with Gasteiger partial charge >= 0.3 is 5.97 Å². The van der Waals surface area contributed by atoms with Crippen molar-refractivity contribution in [1.82, 2.24) is 4.90 Å². The number of esters is 1. The summed E-state index contributed by atoms with van der Waals surface area (Å²) in [7, 11) is 1.44. The van der Waals surface area contributed by atoms with Crippen molar-refractivity contribution in [2.24, 2.45) is 5.92 Å². The number of ether oxygens (including phenoxy) is 2. The first-order valence-corrected chi connectivity index (χ1v) is 9.20. The average molecular weight is 351 g/mol. The second-order valence-electron chi connectivity index (χ2n) is 6.99. The van der Waals surface area contributed by atoms with Crippen LogP contribution in [-0.2, 0) is 9.53 Å². The Balaban J connectivity index is 2.51. The van der Waals surface area contributed by atoms with Crippen molar-refractivity contribution in [2.75, 3.05) is 26.8 Å². The summed E-state index contributed by atoms with van der Waals surface area (Å²) >= 11 is 0. The third kappa shape index (κ3) is 4.32. The number of nitrogens with zero attached hydrogens (tertiary/aromatic N) is 1. The molecule has 1 heterocycles. The Kier molecular flexibility index (Phi) is 6.82. The van der Waals surface area contributed by atoms with Crippen LogP contribution in [0, 0.1) is 11.7 Å². The topological polar surface area (TPSA) is 38.8 Å². The highest BCUT2D eigenvalue weighted by Crippen LogP contribution is 2.38. The standard InChI is InChI=1S/C20H30FNO3/c1-6-14-8-9-22(12-14)18(20(23)25-7-2)16-10-15(13(3)4)11-17(21)19(16)24-5/h10-11,13-14,18H,6-9,12H2,1-5H3/t14-,18?/m1/s1. The second-order valence-corrected chi connectivity index (χ2v) is 6.99. The van der Waals surface area contributed by atoms with Gasteiger partial charge in [-0.15, -0.1) is 0 Å². The van der Waals surface area contributed by atoms with Gasteiger partial charge in [-0.3, -0.25) is 4.90 Å². The van der Waals surface area contributed by atoms with Gasteiger partial charge in [-0.2, -0.15) is 0 Å². The molecular formula is C20H30FNO3. The Morgan fingerprint density at radius 2 is 2.08 bits per heavy atom. The largest absolute Gasteiger partial charge is 0.493 e. The molecule has 0 aliphatic carbocycles. The number of methoxy groups -OCH3 is 1. The summed E-state index contributed by atoms with van der Waals surface area (Å²) in [6, 6.07) is 2.77. The molecule has 1 aromatic carbocycles. The van der Waals surface area contributed by atoms with E-state index in [1.54, 1.807) is 6.92 Å². The number of rotatable bonds is 7. The summed E-state index contributed by atoms with van der Waals surface area (Å²) in [5.41, 5.74) is 1.43. The lowest BCUT2D eigenvalue weighted by molar-refractivity contribution is -0.149. The molecule has 1 aromatic rings. The third-order valence-corrected chi connectivity index (χ3v) is 5.03. The van der Waals surface area contributed by atoms with Crippen LogP contribution in [0.25, 0.3) is 0 Å². The van der Waals surface area contributed by atoms with Crippen molar-refractivity contribution in [1.29, 1.82) is 0 Å². The van der Waals surface area contributed by atoms with Crippen molar-refractivity contribution in [3.05, 3.63) is 29.1 Å². The molecule has 0 saturated carbocycles. The van der Waals surface area contributed by atoms with Crippen molar-refractivity contribution < 1.29 is 18.7 Å². The molecule has 0 radical (unpaired) electrons. The smallest absolute Gasteiger partial charge is 0.328 e. The number of carbonyl (C=O) groups excluding carboxylic acids is 1. The number of likely N-dealkylation sites (tertiary alicyclic amines) is 1. The number of hydrogen-bond donors (Lipinski definition) is 0. The minimum absolute atomic E-state index is 0.141. The highest BCUT2D eigenvalue weighted by atomic mass is 19.1. The summed E-state index contributed by atoms with van der Waals surface area (Å²) in [5, 5.41) is 0. The second kappa shape index (κ2) is 8.65. The molecule has 1 fully saturated rings. The number of carbonyl (C=O) groups is 1. The molecule has 5 heteroatoms. The first kappa shape index (κ1) is 19.7. The maximum Gasteiger partial charge on any atom is 0.328 e. The van der Waals surface area contributed by atoms with Gasteiger partial charge in [-0.1, -0.05) is 27.2 Å². The van der Waals surface area contributed by atoms with E-state index < -0.39 is 11.9 Å². The molecule has 0 amide bonds. The van der Waals surface area contributed by atoms with Crippen molar-refractivity contribution in [3.8, 4) is 5.75 Å². The van der Waals surface area contributed by atoms with E-state index in [0.717, 1.165) is 31.5 Å². The van der Waals surface area contributed by atoms with Gasteiger partial charge in [-0.05, 0) is 49.4 Å². The predicted molar refractivity (Wildman–Crippen MR) is 96.4 cm³/mol. The molecular weight excluding hydrogens is 321 g/mol. The normalized spacial score (nSPS) is 19.2. The summed E-state index contributed by atoms with van der Waals surface area (Å²) in [6.07, 6.45) is 2.12. The van der Waals surface area contributed by atoms with Crippen LogP contribution in [0.4, 0.5) is 4.39 Å². The average Bonchev–Trinajstić information content (AvgIpc) is 3.03. The van der Waals surface area contributed by atoms with E-state index in [2.05, 4.69) is 11.8 Å². The van der Waals surface area contributed by atoms with E-state index in [1.807, 2.05) is 19.9 Å². The van der Waals surface area contributed by atoms with Crippen LogP contribution in [-0.4, -0.2) is 37.7 Å². The fourth-order valence-corrected chi connectivity index (χ4v) is 3.51. The van der Waals surface area contributed by atoms with Crippen LogP contribution < -0.4 is 4.74 Å². The quantitative estimate of drug-likeness (QED) is 0.687. The van der Waals surface area contributed by atoms with E-state index in [9.17, 15) is 9.18 Å². The van der Waals surface area contributed by atoms with Gasteiger partial charge in [0.15, 0.2) is 11.6 Å². The van der Waals surface area contributed by atoms with Gasteiger partial charge in [0.25, 0.3) is 0 Å². The predicted octanol–water partition coefficient (Wildman–Crippen LogP) is 4.29. The lowest BCUT2D eigenvalue weighted by atomic mass is 9.95. The summed E-state index contributed by atoms with van der Waals surface area (Å²) < 4.78 is 25.3. The van der Waals surface area contributed by atoms with Gasteiger partial charge < -0.3 is 9.47 Å². The molecule has 2 atom stereocenters. The molecule has 0 bridgehead atoms. The highest BCUT2D eigenvalue weighted by molar-refractivity contribution is 5.79. The molecule has 2 rings (SSSR count). The van der Waals surface area contributed by atoms with Gasteiger partial charge in [0, 0.05) is 12.1 Å². The fraction of sp³-hybridized carbons (Fsp3) is 0.650. The van der Waals surface area contributed by atoms with Gasteiger partial charge in [0.05, 0.1) is 13.7 Å². The van der Waals surface area contributed by atoms with E-state index >= 15 is 0 Å². The zero-order valence-electron chi connectivity index (χ0n) is 16.0. The zero-order valence-corrected chi connectivity index (χ0v) is 16.0. The van der Waals surface area contributed by atoms with E-state index in [-0.39, 0.29) is 17.6 Å². The molecule has 0 N–H and O–H groups in total. The van der Waals surface area contributed by atoms with E-state index in [4.69, 9.17) is 9.47 Å². The lowest BCUT2D eigenvalue weighted by Crippen LogP contribution is -2.34. The molecule has 1 aliphatic heterocycles. The van der Waals surface area contributed by atoms with Crippen LogP contribution >= 0.6 is 0 Å². The maximum atomic E-state index is 14.6. The summed E-state index contributed by atoms with van der Waals surface area (Å²) in [6.45, 7) is 9.88. The minimum Gasteiger partial charge on any atom is -0.493 e. The van der Waals surface area contributed by atoms with Crippen molar-refractivity contribution in [2.45, 2.75) is 52.5 Å². The monoisotopic (exact) mass is 351 g/mol. The number of hydrogen-bond acceptors (Lipinski definition) is 4. The summed E-state index contributed by atoms with van der Waals surface area (Å²) in [5.74, 6) is 0.0921. The molecule has 1 unspecified atom stereocenters. The maximum absolute atomic E-state index is 14.6. The van der Waals surface area contributed by atoms with Crippen LogP contribution in [0.3, 0.4) is 0 Å². The number of halogens is 1. The van der Waals surface area contributed by atoms with Crippen LogP contribution in [0.1, 0.15) is 63.6 Å². The Labute approximate surface area is 150 Å². The first-order chi connectivity index (χ1) is 11.9. The van der Waals surface area contributed by atoms with E-state index in [1.165, 1.54) is 13.2 Å². The molecule has 0 aromatic heterocycles. The molecule has 0 spiro atoms. The lowest BCUT2D eigenvalue weighted by Gasteiger charge is -2.28. The van der Waals surface area contributed by atoms with Crippen molar-refractivity contribution >= 4 is 5.97 Å². The fourth-order valence-electron chi connectivity index (χ4n) is 3.51. The molecule has 1 aliphatic rings. The van der Waals surface area contributed by atoms with Gasteiger partial charge in [-0.25, -0.2) is 9.18 Å².